The molecule has 8 heteroatoms. The number of primary amides is 1. The molecule has 3 aromatic rings. The van der Waals surface area contributed by atoms with Gasteiger partial charge in [0.25, 0.3) is 5.91 Å². The first-order valence-electron chi connectivity index (χ1n) is 9.40. The standard InChI is InChI=1S/C21H20N6O2/c22-20(28)15-4-1-3-14(11-15)18-19(26-9-8-25-18)16-5-2-10-27(13-16)21(29)17-12-23-6-7-24-17/h1,3-4,6-9,11-12,16H,2,5,10,13H2,(H2,22,28)/t16-/m1/s1. The number of benzene rings is 1. The van der Waals surface area contributed by atoms with E-state index in [0.29, 0.717) is 30.0 Å². The van der Waals surface area contributed by atoms with Gasteiger partial charge in [-0.3, -0.25) is 24.5 Å². The van der Waals surface area contributed by atoms with Crippen LogP contribution in [0.2, 0.25) is 0 Å². The summed E-state index contributed by atoms with van der Waals surface area (Å²) in [6.07, 6.45) is 9.57. The van der Waals surface area contributed by atoms with E-state index in [2.05, 4.69) is 19.9 Å². The maximum atomic E-state index is 12.8. The lowest BCUT2D eigenvalue weighted by Gasteiger charge is -2.32. The summed E-state index contributed by atoms with van der Waals surface area (Å²) < 4.78 is 0. The van der Waals surface area contributed by atoms with Crippen LogP contribution in [0.15, 0.2) is 55.2 Å². The molecule has 2 amide bonds. The molecule has 8 nitrogen and oxygen atoms in total. The molecule has 1 fully saturated rings. The number of carbonyl (C=O) groups excluding carboxylic acids is 2. The van der Waals surface area contributed by atoms with Crippen molar-refractivity contribution in [1.29, 1.82) is 0 Å². The molecule has 0 radical (unpaired) electrons. The van der Waals surface area contributed by atoms with Gasteiger partial charge in [-0.1, -0.05) is 12.1 Å². The van der Waals surface area contributed by atoms with E-state index in [9.17, 15) is 9.59 Å². The minimum absolute atomic E-state index is 0.0327. The number of nitrogens with two attached hydrogens (primary N) is 1. The van der Waals surface area contributed by atoms with Crippen molar-refractivity contribution >= 4 is 11.8 Å². The quantitative estimate of drug-likeness (QED) is 0.731. The minimum atomic E-state index is -0.490. The van der Waals surface area contributed by atoms with Crippen LogP contribution in [0.5, 0.6) is 0 Å². The summed E-state index contributed by atoms with van der Waals surface area (Å²) in [5, 5.41) is 0. The lowest BCUT2D eigenvalue weighted by molar-refractivity contribution is 0.0699. The van der Waals surface area contributed by atoms with Gasteiger partial charge in [-0.15, -0.1) is 0 Å². The lowest BCUT2D eigenvalue weighted by Crippen LogP contribution is -2.39. The van der Waals surface area contributed by atoms with Crippen molar-refractivity contribution < 1.29 is 9.59 Å². The number of aromatic nitrogens is 4. The second-order valence-electron chi connectivity index (χ2n) is 6.92. The van der Waals surface area contributed by atoms with Crippen LogP contribution in [0.25, 0.3) is 11.3 Å². The van der Waals surface area contributed by atoms with Crippen molar-refractivity contribution in [3.05, 3.63) is 72.2 Å². The Morgan fingerprint density at radius 3 is 2.69 bits per heavy atom. The second-order valence-corrected chi connectivity index (χ2v) is 6.92. The van der Waals surface area contributed by atoms with Crippen molar-refractivity contribution in [2.75, 3.05) is 13.1 Å². The molecule has 1 saturated heterocycles. The van der Waals surface area contributed by atoms with Crippen LogP contribution < -0.4 is 5.73 Å². The van der Waals surface area contributed by atoms with Gasteiger partial charge in [0.05, 0.1) is 17.6 Å². The van der Waals surface area contributed by atoms with Gasteiger partial charge in [-0.2, -0.15) is 0 Å². The van der Waals surface area contributed by atoms with E-state index in [1.807, 2.05) is 6.07 Å². The van der Waals surface area contributed by atoms with Crippen LogP contribution in [0.4, 0.5) is 0 Å². The zero-order valence-corrected chi connectivity index (χ0v) is 15.7. The molecule has 0 unspecified atom stereocenters. The first kappa shape index (κ1) is 18.7. The number of likely N-dealkylation sites (tertiary alicyclic amines) is 1. The van der Waals surface area contributed by atoms with E-state index < -0.39 is 5.91 Å². The van der Waals surface area contributed by atoms with E-state index in [4.69, 9.17) is 5.73 Å². The summed E-state index contributed by atoms with van der Waals surface area (Å²) in [5.74, 6) is -0.593. The molecule has 0 saturated carbocycles. The van der Waals surface area contributed by atoms with Gasteiger partial charge in [-0.05, 0) is 25.0 Å². The highest BCUT2D eigenvalue weighted by atomic mass is 16.2. The van der Waals surface area contributed by atoms with Gasteiger partial charge in [0.2, 0.25) is 5.91 Å². The third-order valence-electron chi connectivity index (χ3n) is 5.02. The number of nitrogens with zero attached hydrogens (tertiary/aromatic N) is 5. The Balaban J connectivity index is 1.63. The Morgan fingerprint density at radius 2 is 1.90 bits per heavy atom. The summed E-state index contributed by atoms with van der Waals surface area (Å²) in [6, 6.07) is 7.05. The number of piperidine rings is 1. The maximum absolute atomic E-state index is 12.8. The molecule has 1 aliphatic heterocycles. The first-order chi connectivity index (χ1) is 14.1. The Labute approximate surface area is 167 Å². The Morgan fingerprint density at radius 1 is 1.07 bits per heavy atom. The minimum Gasteiger partial charge on any atom is -0.366 e. The number of amides is 2. The Kier molecular flexibility index (Phi) is 5.24. The average Bonchev–Trinajstić information content (AvgIpc) is 2.79. The van der Waals surface area contributed by atoms with Gasteiger partial charge in [0.1, 0.15) is 5.69 Å². The zero-order chi connectivity index (χ0) is 20.2. The van der Waals surface area contributed by atoms with Gasteiger partial charge in [0.15, 0.2) is 0 Å². The molecule has 2 N–H and O–H groups in total. The Bertz CT molecular complexity index is 1040. The monoisotopic (exact) mass is 388 g/mol. The number of rotatable bonds is 4. The molecule has 4 rings (SSSR count). The zero-order valence-electron chi connectivity index (χ0n) is 15.7. The average molecular weight is 388 g/mol. The number of hydrogen-bond acceptors (Lipinski definition) is 6. The third-order valence-corrected chi connectivity index (χ3v) is 5.02. The van der Waals surface area contributed by atoms with Crippen LogP contribution in [0.1, 0.15) is 45.3 Å². The smallest absolute Gasteiger partial charge is 0.274 e. The van der Waals surface area contributed by atoms with Crippen LogP contribution in [-0.2, 0) is 0 Å². The fourth-order valence-corrected chi connectivity index (χ4v) is 3.65. The molecule has 29 heavy (non-hydrogen) atoms. The fraction of sp³-hybridized carbons (Fsp3) is 0.238. The normalized spacial score (nSPS) is 16.4. The van der Waals surface area contributed by atoms with Crippen LogP contribution in [-0.4, -0.2) is 49.7 Å². The Hall–Kier alpha value is -3.68. The summed E-state index contributed by atoms with van der Waals surface area (Å²) in [4.78, 5) is 43.3. The molecule has 3 heterocycles. The molecule has 0 spiro atoms. The van der Waals surface area contributed by atoms with Gasteiger partial charge in [0, 0.05) is 54.9 Å². The summed E-state index contributed by atoms with van der Waals surface area (Å²) >= 11 is 0. The molecule has 146 valence electrons. The summed E-state index contributed by atoms with van der Waals surface area (Å²) in [7, 11) is 0. The van der Waals surface area contributed by atoms with E-state index >= 15 is 0 Å². The van der Waals surface area contributed by atoms with Crippen LogP contribution in [0, 0.1) is 0 Å². The molecular weight excluding hydrogens is 368 g/mol. The van der Waals surface area contributed by atoms with Gasteiger partial charge in [-0.25, -0.2) is 4.98 Å². The SMILES string of the molecule is NC(=O)c1cccc(-c2nccnc2[C@@H]2CCCN(C(=O)c3cnccn3)C2)c1. The van der Waals surface area contributed by atoms with E-state index in [1.165, 1.54) is 12.4 Å². The van der Waals surface area contributed by atoms with Crippen molar-refractivity contribution in [1.82, 2.24) is 24.8 Å². The topological polar surface area (TPSA) is 115 Å². The van der Waals surface area contributed by atoms with Gasteiger partial charge < -0.3 is 10.6 Å². The third kappa shape index (κ3) is 3.96. The lowest BCUT2D eigenvalue weighted by atomic mass is 9.91. The maximum Gasteiger partial charge on any atom is 0.274 e. The van der Waals surface area contributed by atoms with E-state index in [0.717, 1.165) is 24.1 Å². The first-order valence-corrected chi connectivity index (χ1v) is 9.40. The van der Waals surface area contributed by atoms with Crippen LogP contribution >= 0.6 is 0 Å². The molecule has 1 aliphatic rings. The van der Waals surface area contributed by atoms with Crippen molar-refractivity contribution in [2.45, 2.75) is 18.8 Å². The molecule has 0 aliphatic carbocycles. The van der Waals surface area contributed by atoms with Gasteiger partial charge >= 0.3 is 0 Å². The number of carbonyl (C=O) groups is 2. The van der Waals surface area contributed by atoms with E-state index in [1.54, 1.807) is 41.7 Å². The molecular formula is C21H20N6O2. The molecule has 0 bridgehead atoms. The molecule has 2 aromatic heterocycles. The van der Waals surface area contributed by atoms with Crippen LogP contribution in [0.3, 0.4) is 0 Å². The highest BCUT2D eigenvalue weighted by Crippen LogP contribution is 2.32. The van der Waals surface area contributed by atoms with Crippen molar-refractivity contribution in [3.63, 3.8) is 0 Å². The predicted octanol–water partition coefficient (Wildman–Crippen LogP) is 2.05. The van der Waals surface area contributed by atoms with Crippen molar-refractivity contribution in [2.24, 2.45) is 5.73 Å². The molecule has 1 atom stereocenters. The molecule has 1 aromatic carbocycles. The fourth-order valence-electron chi connectivity index (χ4n) is 3.65. The highest BCUT2D eigenvalue weighted by Gasteiger charge is 2.29. The largest absolute Gasteiger partial charge is 0.366 e. The summed E-state index contributed by atoms with van der Waals surface area (Å²) in [6.45, 7) is 1.19. The second kappa shape index (κ2) is 8.14. The van der Waals surface area contributed by atoms with Crippen molar-refractivity contribution in [3.8, 4) is 11.3 Å². The number of hydrogen-bond donors (Lipinski definition) is 1. The highest BCUT2D eigenvalue weighted by molar-refractivity contribution is 5.94. The predicted molar refractivity (Wildman–Crippen MR) is 106 cm³/mol. The summed E-state index contributed by atoms with van der Waals surface area (Å²) in [5.41, 5.74) is 8.47. The van der Waals surface area contributed by atoms with E-state index in [-0.39, 0.29) is 11.8 Å².